The van der Waals surface area contributed by atoms with Crippen LogP contribution in [0.4, 0.5) is 5.82 Å². The van der Waals surface area contributed by atoms with E-state index in [1.165, 1.54) is 17.1 Å². The second-order valence-electron chi connectivity index (χ2n) is 4.14. The molecule has 2 aromatic rings. The summed E-state index contributed by atoms with van der Waals surface area (Å²) >= 11 is 1.37. The minimum Gasteiger partial charge on any atom is -0.382 e. The van der Waals surface area contributed by atoms with E-state index in [0.717, 1.165) is 35.3 Å². The smallest absolute Gasteiger partial charge is 0.179 e. The molecule has 0 fully saturated rings. The normalized spacial score (nSPS) is 14.6. The lowest BCUT2D eigenvalue weighted by Crippen LogP contribution is -2.08. The molecule has 0 amide bonds. The minimum absolute atomic E-state index is 0.585. The highest BCUT2D eigenvalue weighted by molar-refractivity contribution is 7.09. The number of hydrogen-bond donors (Lipinski definition) is 1. The van der Waals surface area contributed by atoms with Crippen LogP contribution in [-0.4, -0.2) is 18.9 Å². The minimum atomic E-state index is 0.585. The average molecular weight is 247 g/mol. The summed E-state index contributed by atoms with van der Waals surface area (Å²) in [6.45, 7) is 4.86. The summed E-state index contributed by atoms with van der Waals surface area (Å²) < 4.78 is 6.34. The number of nitrogen functional groups attached to an aromatic ring is 1. The number of nitrogens with two attached hydrogens (primary N) is 1. The molecule has 0 aromatic carbocycles. The summed E-state index contributed by atoms with van der Waals surface area (Å²) in [4.78, 5) is 8.81. The Bertz CT molecular complexity index is 607. The van der Waals surface area contributed by atoms with Crippen molar-refractivity contribution in [2.75, 3.05) is 5.73 Å². The quantitative estimate of drug-likeness (QED) is 0.837. The molecule has 2 N–H and O–H groups in total. The molecule has 0 saturated carbocycles. The third-order valence-electron chi connectivity index (χ3n) is 2.89. The third kappa shape index (κ3) is 1.56. The van der Waals surface area contributed by atoms with Crippen LogP contribution in [0.3, 0.4) is 0 Å². The van der Waals surface area contributed by atoms with Crippen LogP contribution in [0, 0.1) is 6.92 Å². The third-order valence-corrected chi connectivity index (χ3v) is 3.69. The number of nitrogens with zero attached hydrogens (tertiary/aromatic N) is 4. The average Bonchev–Trinajstić information content (AvgIpc) is 2.84. The Morgan fingerprint density at radius 3 is 2.88 bits per heavy atom. The molecule has 3 rings (SSSR count). The highest BCUT2D eigenvalue weighted by Crippen LogP contribution is 2.32. The molecule has 0 aliphatic carbocycles. The van der Waals surface area contributed by atoms with E-state index in [1.54, 1.807) is 0 Å². The second kappa shape index (κ2) is 3.66. The number of hydrogen-bond acceptors (Lipinski definition) is 5. The predicted octanol–water partition coefficient (Wildman–Crippen LogP) is 2.10. The first-order valence-corrected chi connectivity index (χ1v) is 6.28. The summed E-state index contributed by atoms with van der Waals surface area (Å²) in [6.07, 6.45) is 3.21. The van der Waals surface area contributed by atoms with Gasteiger partial charge in [0.2, 0.25) is 0 Å². The Kier molecular flexibility index (Phi) is 2.25. The highest BCUT2D eigenvalue weighted by Gasteiger charge is 2.21. The Morgan fingerprint density at radius 2 is 2.18 bits per heavy atom. The van der Waals surface area contributed by atoms with Gasteiger partial charge in [-0.05, 0) is 37.4 Å². The summed E-state index contributed by atoms with van der Waals surface area (Å²) in [7, 11) is 0. The first kappa shape index (κ1) is 10.5. The first-order chi connectivity index (χ1) is 8.16. The zero-order valence-electron chi connectivity index (χ0n) is 9.77. The Labute approximate surface area is 103 Å². The fraction of sp³-hybridized carbons (Fsp3) is 0.364. The molecule has 2 aromatic heterocycles. The van der Waals surface area contributed by atoms with Gasteiger partial charge in [-0.1, -0.05) is 6.08 Å². The maximum atomic E-state index is 5.98. The van der Waals surface area contributed by atoms with E-state index in [-0.39, 0.29) is 0 Å². The van der Waals surface area contributed by atoms with Crippen LogP contribution in [0.5, 0.6) is 0 Å². The molecule has 1 aliphatic heterocycles. The lowest BCUT2D eigenvalue weighted by molar-refractivity contribution is 0.694. The van der Waals surface area contributed by atoms with Gasteiger partial charge in [-0.25, -0.2) is 9.97 Å². The topological polar surface area (TPSA) is 69.6 Å². The predicted molar refractivity (Wildman–Crippen MR) is 68.5 cm³/mol. The number of rotatable bonds is 1. The Hall–Kier alpha value is -1.69. The van der Waals surface area contributed by atoms with Gasteiger partial charge in [0.25, 0.3) is 0 Å². The molecule has 88 valence electrons. The van der Waals surface area contributed by atoms with Crippen molar-refractivity contribution in [1.29, 1.82) is 0 Å². The Balaban J connectivity index is 2.20. The van der Waals surface area contributed by atoms with Crippen molar-refractivity contribution in [3.63, 3.8) is 0 Å². The zero-order valence-corrected chi connectivity index (χ0v) is 10.6. The second-order valence-corrected chi connectivity index (χ2v) is 4.90. The molecule has 0 radical (unpaired) electrons. The van der Waals surface area contributed by atoms with Crippen LogP contribution in [-0.2, 0) is 6.54 Å². The fourth-order valence-corrected chi connectivity index (χ4v) is 2.83. The summed E-state index contributed by atoms with van der Waals surface area (Å²) in [5.41, 5.74) is 8.20. The molecule has 0 bridgehead atoms. The monoisotopic (exact) mass is 247 g/mol. The molecule has 0 unspecified atom stereocenters. The Morgan fingerprint density at radius 1 is 1.35 bits per heavy atom. The first-order valence-electron chi connectivity index (χ1n) is 5.50. The molecule has 5 nitrogen and oxygen atoms in total. The van der Waals surface area contributed by atoms with Crippen LogP contribution < -0.4 is 5.73 Å². The molecule has 6 heteroatoms. The zero-order chi connectivity index (χ0) is 12.0. The van der Waals surface area contributed by atoms with Crippen LogP contribution in [0.15, 0.2) is 6.08 Å². The van der Waals surface area contributed by atoms with Gasteiger partial charge in [0.15, 0.2) is 10.8 Å². The van der Waals surface area contributed by atoms with Gasteiger partial charge in [-0.2, -0.15) is 4.37 Å². The van der Waals surface area contributed by atoms with Gasteiger partial charge in [-0.15, -0.1) is 0 Å². The molecular weight excluding hydrogens is 234 g/mol. The summed E-state index contributed by atoms with van der Waals surface area (Å²) in [6, 6.07) is 0. The van der Waals surface area contributed by atoms with Crippen molar-refractivity contribution in [1.82, 2.24) is 18.9 Å². The number of aryl methyl sites for hydroxylation is 1. The van der Waals surface area contributed by atoms with Crippen molar-refractivity contribution >= 4 is 22.9 Å². The van der Waals surface area contributed by atoms with Crippen LogP contribution in [0.1, 0.15) is 24.9 Å². The number of anilines is 1. The fourth-order valence-electron chi connectivity index (χ4n) is 2.16. The van der Waals surface area contributed by atoms with Crippen LogP contribution in [0.25, 0.3) is 16.4 Å². The number of allylic oxidation sites excluding steroid dienone is 2. The molecule has 0 saturated heterocycles. The van der Waals surface area contributed by atoms with E-state index in [2.05, 4.69) is 31.9 Å². The van der Waals surface area contributed by atoms with Crippen LogP contribution in [0.2, 0.25) is 0 Å². The molecule has 3 heterocycles. The number of aromatic nitrogens is 4. The van der Waals surface area contributed by atoms with Gasteiger partial charge in [0, 0.05) is 6.54 Å². The maximum Gasteiger partial charge on any atom is 0.179 e. The number of imidazole rings is 1. The SMILES string of the molecule is CC1=CCCn2c(-c3nc(C)ns3)nc(N)c21. The molecule has 17 heavy (non-hydrogen) atoms. The van der Waals surface area contributed by atoms with Gasteiger partial charge in [-0.3, -0.25) is 0 Å². The van der Waals surface area contributed by atoms with E-state index in [4.69, 9.17) is 5.73 Å². The van der Waals surface area contributed by atoms with E-state index >= 15 is 0 Å². The van der Waals surface area contributed by atoms with Gasteiger partial charge in [0.05, 0.1) is 5.69 Å². The summed E-state index contributed by atoms with van der Waals surface area (Å²) in [5.74, 6) is 2.21. The lowest BCUT2D eigenvalue weighted by Gasteiger charge is -2.15. The molecule has 0 spiro atoms. The largest absolute Gasteiger partial charge is 0.382 e. The maximum absolute atomic E-state index is 5.98. The molecular formula is C11H13N5S. The van der Waals surface area contributed by atoms with Gasteiger partial charge in [0.1, 0.15) is 11.6 Å². The van der Waals surface area contributed by atoms with E-state index in [9.17, 15) is 0 Å². The molecule has 1 aliphatic rings. The van der Waals surface area contributed by atoms with Gasteiger partial charge >= 0.3 is 0 Å². The van der Waals surface area contributed by atoms with Crippen molar-refractivity contribution in [2.24, 2.45) is 0 Å². The summed E-state index contributed by atoms with van der Waals surface area (Å²) in [5, 5.41) is 0.843. The number of fused-ring (bicyclic) bond motifs is 1. The van der Waals surface area contributed by atoms with Crippen molar-refractivity contribution < 1.29 is 0 Å². The van der Waals surface area contributed by atoms with Gasteiger partial charge < -0.3 is 10.3 Å². The standard InChI is InChI=1S/C11H13N5S/c1-6-4-3-5-16-8(6)9(12)14-10(16)11-13-7(2)15-17-11/h4H,3,5,12H2,1-2H3. The molecule has 0 atom stereocenters. The van der Waals surface area contributed by atoms with Crippen molar-refractivity contribution in [2.45, 2.75) is 26.8 Å². The van der Waals surface area contributed by atoms with Crippen molar-refractivity contribution in [3.05, 3.63) is 17.6 Å². The van der Waals surface area contributed by atoms with Crippen molar-refractivity contribution in [3.8, 4) is 10.8 Å². The highest BCUT2D eigenvalue weighted by atomic mass is 32.1. The van der Waals surface area contributed by atoms with Crippen LogP contribution >= 0.6 is 11.5 Å². The van der Waals surface area contributed by atoms with E-state index in [1.807, 2.05) is 6.92 Å². The van der Waals surface area contributed by atoms with E-state index in [0.29, 0.717) is 5.82 Å². The van der Waals surface area contributed by atoms with E-state index < -0.39 is 0 Å². The lowest BCUT2D eigenvalue weighted by atomic mass is 10.1.